The molecular weight excluding hydrogens is 413 g/mol. The first-order chi connectivity index (χ1) is 14.9. The van der Waals surface area contributed by atoms with Crippen molar-refractivity contribution in [3.8, 4) is 17.2 Å². The second-order valence-electron chi connectivity index (χ2n) is 7.18. The number of likely N-dealkylation sites (tertiary alicyclic amines) is 1. The summed E-state index contributed by atoms with van der Waals surface area (Å²) in [5.74, 6) is 0.720. The molecule has 31 heavy (non-hydrogen) atoms. The zero-order valence-corrected chi connectivity index (χ0v) is 16.4. The van der Waals surface area contributed by atoms with Crippen LogP contribution in [0.2, 0.25) is 0 Å². The summed E-state index contributed by atoms with van der Waals surface area (Å²) >= 11 is 0. The van der Waals surface area contributed by atoms with E-state index in [2.05, 4.69) is 15.2 Å². The summed E-state index contributed by atoms with van der Waals surface area (Å²) in [6.45, 7) is 0.911. The van der Waals surface area contributed by atoms with E-state index in [1.165, 1.54) is 18.3 Å². The standard InChI is InChI=1S/C21H19F3N4O3/c22-21(23,24)16-7-5-14(6-8-16)19-26-27-20(31-19)15-3-2-10-28(12-15)18(29)13-30-17-4-1-9-25-11-17/h1,4-9,11,15H,2-3,10,12-13H2. The van der Waals surface area contributed by atoms with Gasteiger partial charge in [-0.25, -0.2) is 0 Å². The topological polar surface area (TPSA) is 81.4 Å². The minimum atomic E-state index is -4.41. The third-order valence-corrected chi connectivity index (χ3v) is 5.02. The van der Waals surface area contributed by atoms with E-state index in [-0.39, 0.29) is 24.3 Å². The number of piperidine rings is 1. The third-order valence-electron chi connectivity index (χ3n) is 5.02. The van der Waals surface area contributed by atoms with Gasteiger partial charge in [0, 0.05) is 24.8 Å². The Hall–Kier alpha value is -3.43. The van der Waals surface area contributed by atoms with Gasteiger partial charge >= 0.3 is 6.18 Å². The van der Waals surface area contributed by atoms with E-state index in [1.807, 2.05) is 0 Å². The van der Waals surface area contributed by atoms with E-state index in [9.17, 15) is 18.0 Å². The van der Waals surface area contributed by atoms with Gasteiger partial charge in [-0.2, -0.15) is 13.2 Å². The molecule has 1 amide bonds. The van der Waals surface area contributed by atoms with Crippen LogP contribution in [0.5, 0.6) is 5.75 Å². The number of aromatic nitrogens is 3. The van der Waals surface area contributed by atoms with Crippen molar-refractivity contribution >= 4 is 5.91 Å². The number of carbonyl (C=O) groups is 1. The number of ether oxygens (including phenoxy) is 1. The predicted molar refractivity (Wildman–Crippen MR) is 103 cm³/mol. The minimum absolute atomic E-state index is 0.0982. The summed E-state index contributed by atoms with van der Waals surface area (Å²) < 4.78 is 49.4. The van der Waals surface area contributed by atoms with Crippen LogP contribution in [-0.2, 0) is 11.0 Å². The lowest BCUT2D eigenvalue weighted by atomic mass is 9.98. The molecule has 0 aliphatic carbocycles. The second kappa shape index (κ2) is 8.75. The van der Waals surface area contributed by atoms with Crippen molar-refractivity contribution in [3.63, 3.8) is 0 Å². The second-order valence-corrected chi connectivity index (χ2v) is 7.18. The van der Waals surface area contributed by atoms with Crippen LogP contribution in [0.3, 0.4) is 0 Å². The number of benzene rings is 1. The molecule has 10 heteroatoms. The molecule has 1 aliphatic heterocycles. The van der Waals surface area contributed by atoms with Gasteiger partial charge in [0.15, 0.2) is 6.61 Å². The molecule has 7 nitrogen and oxygen atoms in total. The smallest absolute Gasteiger partial charge is 0.416 e. The quantitative estimate of drug-likeness (QED) is 0.608. The van der Waals surface area contributed by atoms with Crippen LogP contribution in [0, 0.1) is 0 Å². The molecule has 0 saturated carbocycles. The molecule has 3 heterocycles. The Balaban J connectivity index is 1.38. The van der Waals surface area contributed by atoms with E-state index in [0.29, 0.717) is 30.3 Å². The predicted octanol–water partition coefficient (Wildman–Crippen LogP) is 3.94. The van der Waals surface area contributed by atoms with Crippen LogP contribution in [0.1, 0.15) is 30.2 Å². The van der Waals surface area contributed by atoms with E-state index in [4.69, 9.17) is 9.15 Å². The molecular formula is C21H19F3N4O3. The molecule has 1 saturated heterocycles. The highest BCUT2D eigenvalue weighted by Gasteiger charge is 2.31. The lowest BCUT2D eigenvalue weighted by molar-refractivity contribution is -0.137. The first kappa shape index (κ1) is 20.8. The third kappa shape index (κ3) is 5.01. The Morgan fingerprint density at radius 1 is 1.19 bits per heavy atom. The first-order valence-corrected chi connectivity index (χ1v) is 9.72. The number of halogens is 3. The Kier molecular flexibility index (Phi) is 5.88. The Morgan fingerprint density at radius 2 is 2.00 bits per heavy atom. The Bertz CT molecular complexity index is 1020. The van der Waals surface area contributed by atoms with Crippen molar-refractivity contribution in [1.29, 1.82) is 0 Å². The van der Waals surface area contributed by atoms with Crippen molar-refractivity contribution in [2.75, 3.05) is 19.7 Å². The fourth-order valence-corrected chi connectivity index (χ4v) is 3.39. The highest BCUT2D eigenvalue weighted by Crippen LogP contribution is 2.32. The van der Waals surface area contributed by atoms with Crippen molar-refractivity contribution < 1.29 is 27.1 Å². The molecule has 3 aromatic rings. The first-order valence-electron chi connectivity index (χ1n) is 9.72. The van der Waals surface area contributed by atoms with Crippen molar-refractivity contribution in [2.45, 2.75) is 24.9 Å². The van der Waals surface area contributed by atoms with Crippen LogP contribution in [-0.4, -0.2) is 45.7 Å². The summed E-state index contributed by atoms with van der Waals surface area (Å²) in [4.78, 5) is 18.1. The number of hydrogen-bond acceptors (Lipinski definition) is 6. The van der Waals surface area contributed by atoms with Gasteiger partial charge in [-0.05, 0) is 49.2 Å². The molecule has 0 N–H and O–H groups in total. The molecule has 162 valence electrons. The van der Waals surface area contributed by atoms with Crippen LogP contribution < -0.4 is 4.74 Å². The van der Waals surface area contributed by atoms with Gasteiger partial charge in [0.05, 0.1) is 17.7 Å². The number of amides is 1. The highest BCUT2D eigenvalue weighted by molar-refractivity contribution is 5.78. The van der Waals surface area contributed by atoms with E-state index in [1.54, 1.807) is 23.2 Å². The number of nitrogens with zero attached hydrogens (tertiary/aromatic N) is 4. The van der Waals surface area contributed by atoms with Crippen LogP contribution in [0.4, 0.5) is 13.2 Å². The molecule has 0 spiro atoms. The van der Waals surface area contributed by atoms with Crippen molar-refractivity contribution in [1.82, 2.24) is 20.1 Å². The fraction of sp³-hybridized carbons (Fsp3) is 0.333. The number of alkyl halides is 3. The van der Waals surface area contributed by atoms with Gasteiger partial charge in [0.2, 0.25) is 11.8 Å². The molecule has 1 aromatic carbocycles. The van der Waals surface area contributed by atoms with Crippen molar-refractivity contribution in [3.05, 3.63) is 60.2 Å². The van der Waals surface area contributed by atoms with Crippen LogP contribution in [0.15, 0.2) is 53.2 Å². The molecule has 1 unspecified atom stereocenters. The van der Waals surface area contributed by atoms with E-state index in [0.717, 1.165) is 25.0 Å². The zero-order chi connectivity index (χ0) is 21.8. The normalized spacial score (nSPS) is 16.9. The Morgan fingerprint density at radius 3 is 2.71 bits per heavy atom. The summed E-state index contributed by atoms with van der Waals surface area (Å²) in [6.07, 6.45) is 0.279. The van der Waals surface area contributed by atoms with Gasteiger partial charge < -0.3 is 14.1 Å². The molecule has 0 radical (unpaired) electrons. The fourth-order valence-electron chi connectivity index (χ4n) is 3.39. The average molecular weight is 432 g/mol. The molecule has 2 aromatic heterocycles. The van der Waals surface area contributed by atoms with Gasteiger partial charge in [-0.3, -0.25) is 9.78 Å². The minimum Gasteiger partial charge on any atom is -0.482 e. The van der Waals surface area contributed by atoms with Crippen LogP contribution >= 0.6 is 0 Å². The van der Waals surface area contributed by atoms with Gasteiger partial charge in [0.25, 0.3) is 5.91 Å². The maximum absolute atomic E-state index is 12.7. The summed E-state index contributed by atoms with van der Waals surface area (Å²) in [5.41, 5.74) is -0.341. The monoisotopic (exact) mass is 432 g/mol. The van der Waals surface area contributed by atoms with Gasteiger partial charge in [0.1, 0.15) is 5.75 Å². The maximum atomic E-state index is 12.7. The van der Waals surface area contributed by atoms with E-state index >= 15 is 0 Å². The lowest BCUT2D eigenvalue weighted by Crippen LogP contribution is -2.41. The molecule has 1 aliphatic rings. The number of carbonyl (C=O) groups excluding carboxylic acids is 1. The SMILES string of the molecule is O=C(COc1cccnc1)N1CCCC(c2nnc(-c3ccc(C(F)(F)F)cc3)o2)C1. The molecule has 1 atom stereocenters. The summed E-state index contributed by atoms with van der Waals surface area (Å²) in [5, 5.41) is 8.02. The summed E-state index contributed by atoms with van der Waals surface area (Å²) in [6, 6.07) is 7.99. The number of pyridine rings is 1. The number of rotatable bonds is 5. The van der Waals surface area contributed by atoms with Crippen LogP contribution in [0.25, 0.3) is 11.5 Å². The van der Waals surface area contributed by atoms with Gasteiger partial charge in [-0.1, -0.05) is 0 Å². The molecule has 0 bridgehead atoms. The lowest BCUT2D eigenvalue weighted by Gasteiger charge is -2.31. The average Bonchev–Trinajstić information content (AvgIpc) is 3.28. The Labute approximate surface area is 175 Å². The van der Waals surface area contributed by atoms with Gasteiger partial charge in [-0.15, -0.1) is 10.2 Å². The number of hydrogen-bond donors (Lipinski definition) is 0. The summed E-state index contributed by atoms with van der Waals surface area (Å²) in [7, 11) is 0. The molecule has 1 fully saturated rings. The highest BCUT2D eigenvalue weighted by atomic mass is 19.4. The molecule has 4 rings (SSSR count). The largest absolute Gasteiger partial charge is 0.482 e. The zero-order valence-electron chi connectivity index (χ0n) is 16.4. The van der Waals surface area contributed by atoms with E-state index < -0.39 is 11.7 Å². The van der Waals surface area contributed by atoms with Crippen molar-refractivity contribution in [2.24, 2.45) is 0 Å². The maximum Gasteiger partial charge on any atom is 0.416 e.